The van der Waals surface area contributed by atoms with E-state index in [1.54, 1.807) is 29.2 Å². The first kappa shape index (κ1) is 29.2. The maximum Gasteiger partial charge on any atom is 0.326 e. The van der Waals surface area contributed by atoms with Crippen molar-refractivity contribution in [2.75, 3.05) is 22.9 Å². The molecule has 0 spiro atoms. The highest BCUT2D eigenvalue weighted by molar-refractivity contribution is 6.09. The molecule has 3 aromatic carbocycles. The van der Waals surface area contributed by atoms with E-state index in [-0.39, 0.29) is 18.9 Å². The third-order valence-electron chi connectivity index (χ3n) is 6.83. The molecule has 3 amide bonds. The summed E-state index contributed by atoms with van der Waals surface area (Å²) in [5.74, 6) is -2.72. The lowest BCUT2D eigenvalue weighted by Gasteiger charge is -2.25. The second kappa shape index (κ2) is 14.0. The molecule has 1 heterocycles. The summed E-state index contributed by atoms with van der Waals surface area (Å²) in [6.45, 7) is -0.106. The molecule has 3 N–H and O–H groups in total. The fourth-order valence-corrected chi connectivity index (χ4v) is 4.71. The average Bonchev–Trinajstić information content (AvgIpc) is 3.10. The van der Waals surface area contributed by atoms with Gasteiger partial charge in [-0.2, -0.15) is 0 Å². The largest absolute Gasteiger partial charge is 0.480 e. The minimum atomic E-state index is -1.42. The molecule has 0 saturated carbocycles. The van der Waals surface area contributed by atoms with Crippen LogP contribution in [0.1, 0.15) is 24.0 Å². The SMILES string of the molecule is O=CCC(NC(=O)CN1C(=O)C(NCc2ccccc2)CN(C(=O)CCc2ccccc2)c2ccccc21)C(=O)O. The van der Waals surface area contributed by atoms with Gasteiger partial charge in [-0.1, -0.05) is 72.8 Å². The van der Waals surface area contributed by atoms with Crippen LogP contribution < -0.4 is 20.4 Å². The molecule has 2 unspecified atom stereocenters. The lowest BCUT2D eigenvalue weighted by molar-refractivity contribution is -0.142. The second-order valence-corrected chi connectivity index (χ2v) is 9.68. The normalized spacial score (nSPS) is 15.4. The number of aliphatic carboxylic acids is 1. The van der Waals surface area contributed by atoms with Crippen LogP contribution in [0.3, 0.4) is 0 Å². The number of carboxylic acid groups (broad SMARTS) is 1. The van der Waals surface area contributed by atoms with Crippen LogP contribution in [-0.2, 0) is 36.9 Å². The van der Waals surface area contributed by atoms with E-state index < -0.39 is 42.8 Å². The number of carbonyl (C=O) groups is 5. The zero-order chi connectivity index (χ0) is 29.2. The number of para-hydroxylation sites is 2. The summed E-state index contributed by atoms with van der Waals surface area (Å²) in [7, 11) is 0. The Morgan fingerprint density at radius 3 is 2.15 bits per heavy atom. The van der Waals surface area contributed by atoms with Gasteiger partial charge in [0.2, 0.25) is 17.7 Å². The van der Waals surface area contributed by atoms with Crippen molar-refractivity contribution in [1.29, 1.82) is 0 Å². The van der Waals surface area contributed by atoms with E-state index in [4.69, 9.17) is 0 Å². The van der Waals surface area contributed by atoms with Crippen LogP contribution >= 0.6 is 0 Å². The average molecular weight is 557 g/mol. The fraction of sp³-hybridized carbons (Fsp3) is 0.258. The molecule has 0 radical (unpaired) electrons. The highest BCUT2D eigenvalue weighted by Gasteiger charge is 2.37. The van der Waals surface area contributed by atoms with Crippen molar-refractivity contribution in [2.45, 2.75) is 37.9 Å². The number of nitrogens with zero attached hydrogens (tertiary/aromatic N) is 2. The van der Waals surface area contributed by atoms with Crippen molar-refractivity contribution in [3.63, 3.8) is 0 Å². The summed E-state index contributed by atoms with van der Waals surface area (Å²) >= 11 is 0. The van der Waals surface area contributed by atoms with E-state index in [1.807, 2.05) is 60.7 Å². The van der Waals surface area contributed by atoms with E-state index in [0.29, 0.717) is 30.6 Å². The van der Waals surface area contributed by atoms with Crippen LogP contribution in [0.15, 0.2) is 84.9 Å². The molecule has 0 bridgehead atoms. The van der Waals surface area contributed by atoms with E-state index in [1.165, 1.54) is 4.90 Å². The molecular weight excluding hydrogens is 524 g/mol. The van der Waals surface area contributed by atoms with Gasteiger partial charge in [-0.3, -0.25) is 19.3 Å². The lowest BCUT2D eigenvalue weighted by atomic mass is 10.1. The van der Waals surface area contributed by atoms with E-state index in [9.17, 15) is 29.1 Å². The minimum absolute atomic E-state index is 0.0390. The number of fused-ring (bicyclic) bond motifs is 1. The summed E-state index contributed by atoms with van der Waals surface area (Å²) in [5, 5.41) is 14.9. The number of hydrogen-bond acceptors (Lipinski definition) is 6. The van der Waals surface area contributed by atoms with E-state index in [2.05, 4.69) is 10.6 Å². The summed E-state index contributed by atoms with van der Waals surface area (Å²) in [4.78, 5) is 65.7. The van der Waals surface area contributed by atoms with Crippen LogP contribution in [-0.4, -0.2) is 60.3 Å². The van der Waals surface area contributed by atoms with E-state index >= 15 is 0 Å². The molecule has 212 valence electrons. The van der Waals surface area contributed by atoms with Crippen LogP contribution in [0, 0.1) is 0 Å². The van der Waals surface area contributed by atoms with Gasteiger partial charge in [0.05, 0.1) is 17.9 Å². The smallest absolute Gasteiger partial charge is 0.326 e. The number of aryl methyl sites for hydroxylation is 1. The van der Waals surface area contributed by atoms with Crippen molar-refractivity contribution in [1.82, 2.24) is 10.6 Å². The number of amides is 3. The number of aldehydes is 1. The maximum absolute atomic E-state index is 13.9. The molecular formula is C31H32N4O6. The molecule has 3 aromatic rings. The van der Waals surface area contributed by atoms with Crippen LogP contribution in [0.4, 0.5) is 11.4 Å². The van der Waals surface area contributed by atoms with Crippen molar-refractivity contribution in [3.8, 4) is 0 Å². The Balaban J connectivity index is 1.63. The molecule has 2 atom stereocenters. The number of rotatable bonds is 12. The van der Waals surface area contributed by atoms with Gasteiger partial charge >= 0.3 is 5.97 Å². The molecule has 0 aromatic heterocycles. The molecule has 0 saturated heterocycles. The van der Waals surface area contributed by atoms with Crippen molar-refractivity contribution < 1.29 is 29.1 Å². The Bertz CT molecular complexity index is 1380. The van der Waals surface area contributed by atoms with Gasteiger partial charge in [0, 0.05) is 19.4 Å². The number of carboxylic acids is 1. The molecule has 10 heteroatoms. The van der Waals surface area contributed by atoms with Crippen molar-refractivity contribution >= 4 is 41.4 Å². The third kappa shape index (κ3) is 7.64. The predicted octanol–water partition coefficient (Wildman–Crippen LogP) is 2.32. The highest BCUT2D eigenvalue weighted by Crippen LogP contribution is 2.33. The molecule has 0 aliphatic carbocycles. The molecule has 1 aliphatic rings. The van der Waals surface area contributed by atoms with Gasteiger partial charge in [-0.25, -0.2) is 4.79 Å². The number of benzene rings is 3. The van der Waals surface area contributed by atoms with Crippen molar-refractivity contribution in [2.24, 2.45) is 0 Å². The number of carbonyl (C=O) groups excluding carboxylic acids is 4. The van der Waals surface area contributed by atoms with E-state index in [0.717, 1.165) is 11.1 Å². The first-order valence-electron chi connectivity index (χ1n) is 13.3. The number of nitrogens with one attached hydrogen (secondary N) is 2. The predicted molar refractivity (Wildman–Crippen MR) is 153 cm³/mol. The first-order chi connectivity index (χ1) is 19.9. The standard InChI is InChI=1S/C31H32N4O6/c36-18-17-24(31(40)41)33-28(37)21-35-27-14-8-7-13-26(27)34(29(38)16-15-22-9-3-1-4-10-22)20-25(30(35)39)32-19-23-11-5-2-6-12-23/h1-14,18,24-25,32H,15-17,19-21H2,(H,33,37)(H,40,41). The number of anilines is 2. The fourth-order valence-electron chi connectivity index (χ4n) is 4.71. The second-order valence-electron chi connectivity index (χ2n) is 9.68. The lowest BCUT2D eigenvalue weighted by Crippen LogP contribution is -2.53. The first-order valence-corrected chi connectivity index (χ1v) is 13.3. The highest BCUT2D eigenvalue weighted by atomic mass is 16.4. The molecule has 0 fully saturated rings. The van der Waals surface area contributed by atoms with Gasteiger partial charge in [0.25, 0.3) is 0 Å². The monoisotopic (exact) mass is 556 g/mol. The summed E-state index contributed by atoms with van der Waals surface area (Å²) in [6, 6.07) is 23.7. The maximum atomic E-state index is 13.9. The van der Waals surface area contributed by atoms with Gasteiger partial charge < -0.3 is 25.4 Å². The van der Waals surface area contributed by atoms with Crippen LogP contribution in [0.25, 0.3) is 0 Å². The quantitative estimate of drug-likeness (QED) is 0.291. The van der Waals surface area contributed by atoms with Gasteiger partial charge in [0.1, 0.15) is 24.9 Å². The summed E-state index contributed by atoms with van der Waals surface area (Å²) in [5.41, 5.74) is 2.78. The third-order valence-corrected chi connectivity index (χ3v) is 6.83. The Labute approximate surface area is 238 Å². The van der Waals surface area contributed by atoms with Gasteiger partial charge in [-0.15, -0.1) is 0 Å². The molecule has 10 nitrogen and oxygen atoms in total. The van der Waals surface area contributed by atoms with Crippen LogP contribution in [0.5, 0.6) is 0 Å². The molecule has 1 aliphatic heterocycles. The zero-order valence-corrected chi connectivity index (χ0v) is 22.4. The number of hydrogen-bond donors (Lipinski definition) is 3. The Morgan fingerprint density at radius 2 is 1.51 bits per heavy atom. The molecule has 41 heavy (non-hydrogen) atoms. The Morgan fingerprint density at radius 1 is 0.902 bits per heavy atom. The van der Waals surface area contributed by atoms with Crippen molar-refractivity contribution in [3.05, 3.63) is 96.1 Å². The van der Waals surface area contributed by atoms with Gasteiger partial charge in [0.15, 0.2) is 0 Å². The molecule has 4 rings (SSSR count). The zero-order valence-electron chi connectivity index (χ0n) is 22.4. The summed E-state index contributed by atoms with van der Waals surface area (Å²) in [6.07, 6.45) is 0.739. The Hall–Kier alpha value is -4.83. The Kier molecular flexibility index (Phi) is 9.95. The minimum Gasteiger partial charge on any atom is -0.480 e. The summed E-state index contributed by atoms with van der Waals surface area (Å²) < 4.78 is 0. The topological polar surface area (TPSA) is 136 Å². The van der Waals surface area contributed by atoms with Gasteiger partial charge in [-0.05, 0) is 29.7 Å². The van der Waals surface area contributed by atoms with Crippen LogP contribution in [0.2, 0.25) is 0 Å².